The molecule has 2 amide bonds. The fourth-order valence-electron chi connectivity index (χ4n) is 1.95. The molecule has 0 fully saturated rings. The summed E-state index contributed by atoms with van der Waals surface area (Å²) in [5.74, 6) is 0.0205. The van der Waals surface area contributed by atoms with E-state index in [1.54, 1.807) is 48.5 Å². The number of benzene rings is 2. The van der Waals surface area contributed by atoms with Gasteiger partial charge in [-0.2, -0.15) is 0 Å². The average molecular weight is 347 g/mol. The summed E-state index contributed by atoms with van der Waals surface area (Å²) in [4.78, 5) is 23.7. The fraction of sp³-hybridized carbons (Fsp3) is 0.222. The van der Waals surface area contributed by atoms with Crippen molar-refractivity contribution in [2.45, 2.75) is 13.3 Å². The Kier molecular flexibility index (Phi) is 6.63. The molecule has 0 aliphatic rings. The number of carbonyl (C=O) groups is 2. The Balaban J connectivity index is 1.85. The van der Waals surface area contributed by atoms with Gasteiger partial charge >= 0.3 is 0 Å². The molecule has 0 bridgehead atoms. The first-order valence-electron chi connectivity index (χ1n) is 7.65. The molecule has 0 aromatic heterocycles. The summed E-state index contributed by atoms with van der Waals surface area (Å²) in [5.41, 5.74) is 1.14. The van der Waals surface area contributed by atoms with Crippen LogP contribution in [-0.4, -0.2) is 25.0 Å². The van der Waals surface area contributed by atoms with E-state index in [0.29, 0.717) is 28.6 Å². The third-order valence-electron chi connectivity index (χ3n) is 3.16. The lowest BCUT2D eigenvalue weighted by Gasteiger charge is -2.09. The second-order valence-electron chi connectivity index (χ2n) is 5.10. The van der Waals surface area contributed by atoms with E-state index in [-0.39, 0.29) is 18.4 Å². The monoisotopic (exact) mass is 346 g/mol. The lowest BCUT2D eigenvalue weighted by Crippen LogP contribution is -2.24. The van der Waals surface area contributed by atoms with Crippen molar-refractivity contribution in [3.05, 3.63) is 59.1 Å². The quantitative estimate of drug-likeness (QED) is 0.806. The molecule has 0 spiro atoms. The SMILES string of the molecule is CCCNC(=O)c1ccc(NC(=O)COc2ccccc2Cl)cc1. The van der Waals surface area contributed by atoms with E-state index < -0.39 is 0 Å². The first-order chi connectivity index (χ1) is 11.6. The minimum atomic E-state index is -0.307. The highest BCUT2D eigenvalue weighted by molar-refractivity contribution is 6.32. The maximum Gasteiger partial charge on any atom is 0.262 e. The van der Waals surface area contributed by atoms with Crippen LogP contribution in [-0.2, 0) is 4.79 Å². The van der Waals surface area contributed by atoms with Crippen molar-refractivity contribution in [3.8, 4) is 5.75 Å². The average Bonchev–Trinajstić information content (AvgIpc) is 2.59. The van der Waals surface area contributed by atoms with Crippen LogP contribution < -0.4 is 15.4 Å². The molecule has 5 nitrogen and oxygen atoms in total. The number of ether oxygens (including phenoxy) is 1. The van der Waals surface area contributed by atoms with Crippen molar-refractivity contribution in [3.63, 3.8) is 0 Å². The molecule has 0 radical (unpaired) electrons. The molecule has 0 heterocycles. The van der Waals surface area contributed by atoms with Gasteiger partial charge in [0.05, 0.1) is 5.02 Å². The summed E-state index contributed by atoms with van der Waals surface area (Å²) in [6, 6.07) is 13.6. The van der Waals surface area contributed by atoms with E-state index in [1.165, 1.54) is 0 Å². The summed E-state index contributed by atoms with van der Waals surface area (Å²) < 4.78 is 5.37. The van der Waals surface area contributed by atoms with Gasteiger partial charge in [0, 0.05) is 17.8 Å². The first kappa shape index (κ1) is 17.8. The van der Waals surface area contributed by atoms with Gasteiger partial charge in [0.25, 0.3) is 11.8 Å². The van der Waals surface area contributed by atoms with Gasteiger partial charge in [-0.05, 0) is 42.8 Å². The third kappa shape index (κ3) is 5.28. The molecule has 2 rings (SSSR count). The predicted molar refractivity (Wildman–Crippen MR) is 94.6 cm³/mol. The van der Waals surface area contributed by atoms with Crippen molar-refractivity contribution < 1.29 is 14.3 Å². The summed E-state index contributed by atoms with van der Waals surface area (Å²) in [6.45, 7) is 2.47. The van der Waals surface area contributed by atoms with Crippen LogP contribution in [0, 0.1) is 0 Å². The van der Waals surface area contributed by atoms with E-state index in [2.05, 4.69) is 10.6 Å². The van der Waals surface area contributed by atoms with Crippen LogP contribution in [0.4, 0.5) is 5.69 Å². The van der Waals surface area contributed by atoms with Crippen LogP contribution >= 0.6 is 11.6 Å². The summed E-state index contributed by atoms with van der Waals surface area (Å²) in [6.07, 6.45) is 0.880. The van der Waals surface area contributed by atoms with Gasteiger partial charge in [-0.1, -0.05) is 30.7 Å². The Morgan fingerprint density at radius 1 is 1.08 bits per heavy atom. The van der Waals surface area contributed by atoms with Gasteiger partial charge in [-0.15, -0.1) is 0 Å². The van der Waals surface area contributed by atoms with Crippen molar-refractivity contribution in [1.82, 2.24) is 5.32 Å². The maximum atomic E-state index is 11.9. The lowest BCUT2D eigenvalue weighted by molar-refractivity contribution is -0.118. The third-order valence-corrected chi connectivity index (χ3v) is 3.47. The van der Waals surface area contributed by atoms with Crippen LogP contribution in [0.3, 0.4) is 0 Å². The van der Waals surface area contributed by atoms with E-state index >= 15 is 0 Å². The van der Waals surface area contributed by atoms with Crippen LogP contribution in [0.2, 0.25) is 5.02 Å². The van der Waals surface area contributed by atoms with E-state index in [0.717, 1.165) is 6.42 Å². The van der Waals surface area contributed by atoms with E-state index in [1.807, 2.05) is 6.92 Å². The van der Waals surface area contributed by atoms with Gasteiger partial charge in [-0.3, -0.25) is 9.59 Å². The smallest absolute Gasteiger partial charge is 0.262 e. The van der Waals surface area contributed by atoms with E-state index in [4.69, 9.17) is 16.3 Å². The molecule has 0 unspecified atom stereocenters. The number of halogens is 1. The van der Waals surface area contributed by atoms with E-state index in [9.17, 15) is 9.59 Å². The number of rotatable bonds is 7. The molecule has 0 aliphatic heterocycles. The molecule has 2 aromatic carbocycles. The zero-order valence-corrected chi connectivity index (χ0v) is 14.1. The maximum absolute atomic E-state index is 11.9. The highest BCUT2D eigenvalue weighted by atomic mass is 35.5. The van der Waals surface area contributed by atoms with Gasteiger partial charge in [0.1, 0.15) is 5.75 Å². The van der Waals surface area contributed by atoms with Crippen molar-refractivity contribution in [1.29, 1.82) is 0 Å². The zero-order chi connectivity index (χ0) is 17.4. The van der Waals surface area contributed by atoms with Crippen molar-refractivity contribution in [2.75, 3.05) is 18.5 Å². The van der Waals surface area contributed by atoms with Crippen LogP contribution in [0.15, 0.2) is 48.5 Å². The number of anilines is 1. The number of amides is 2. The Hall–Kier alpha value is -2.53. The predicted octanol–water partition coefficient (Wildman–Crippen LogP) is 3.50. The van der Waals surface area contributed by atoms with Crippen LogP contribution in [0.5, 0.6) is 5.75 Å². The zero-order valence-electron chi connectivity index (χ0n) is 13.3. The molecule has 126 valence electrons. The molecule has 0 aliphatic carbocycles. The molecular weight excluding hydrogens is 328 g/mol. The summed E-state index contributed by atoms with van der Waals surface area (Å²) in [7, 11) is 0. The molecule has 2 N–H and O–H groups in total. The second kappa shape index (κ2) is 8.93. The summed E-state index contributed by atoms with van der Waals surface area (Å²) in [5, 5.41) is 5.95. The van der Waals surface area contributed by atoms with Crippen LogP contribution in [0.1, 0.15) is 23.7 Å². The molecular formula is C18H19ClN2O3. The minimum Gasteiger partial charge on any atom is -0.482 e. The fourth-order valence-corrected chi connectivity index (χ4v) is 2.14. The van der Waals surface area contributed by atoms with Gasteiger partial charge in [-0.25, -0.2) is 0 Å². The van der Waals surface area contributed by atoms with Crippen molar-refractivity contribution >= 4 is 29.1 Å². The minimum absolute atomic E-state index is 0.128. The van der Waals surface area contributed by atoms with Gasteiger partial charge in [0.15, 0.2) is 6.61 Å². The number of carbonyl (C=O) groups excluding carboxylic acids is 2. The Morgan fingerprint density at radius 3 is 2.46 bits per heavy atom. The lowest BCUT2D eigenvalue weighted by atomic mass is 10.2. The summed E-state index contributed by atoms with van der Waals surface area (Å²) >= 11 is 5.96. The Bertz CT molecular complexity index is 702. The highest BCUT2D eigenvalue weighted by Crippen LogP contribution is 2.22. The topological polar surface area (TPSA) is 67.4 Å². The van der Waals surface area contributed by atoms with Crippen molar-refractivity contribution in [2.24, 2.45) is 0 Å². The largest absolute Gasteiger partial charge is 0.482 e. The number of para-hydroxylation sites is 1. The molecule has 0 saturated heterocycles. The number of nitrogens with one attached hydrogen (secondary N) is 2. The normalized spacial score (nSPS) is 10.1. The molecule has 24 heavy (non-hydrogen) atoms. The molecule has 6 heteroatoms. The molecule has 0 atom stereocenters. The Labute approximate surface area is 146 Å². The highest BCUT2D eigenvalue weighted by Gasteiger charge is 2.08. The standard InChI is InChI=1S/C18H19ClN2O3/c1-2-11-20-18(23)13-7-9-14(10-8-13)21-17(22)12-24-16-6-4-3-5-15(16)19/h3-10H,2,11-12H2,1H3,(H,20,23)(H,21,22). The number of hydrogen-bond acceptors (Lipinski definition) is 3. The van der Waals surface area contributed by atoms with Gasteiger partial charge < -0.3 is 15.4 Å². The van der Waals surface area contributed by atoms with Crippen LogP contribution in [0.25, 0.3) is 0 Å². The van der Waals surface area contributed by atoms with Gasteiger partial charge in [0.2, 0.25) is 0 Å². The second-order valence-corrected chi connectivity index (χ2v) is 5.51. The Morgan fingerprint density at radius 2 is 1.79 bits per heavy atom. The molecule has 0 saturated carbocycles. The molecule has 2 aromatic rings. The number of hydrogen-bond donors (Lipinski definition) is 2. The first-order valence-corrected chi connectivity index (χ1v) is 8.03.